The van der Waals surface area contributed by atoms with Crippen molar-refractivity contribution in [3.05, 3.63) is 11.9 Å². The van der Waals surface area contributed by atoms with Crippen molar-refractivity contribution in [1.82, 2.24) is 0 Å². The van der Waals surface area contributed by atoms with Crippen LogP contribution in [0.5, 0.6) is 0 Å². The molecular formula is C17H24BrF. The minimum atomic E-state index is -0.0791. The fourth-order valence-electron chi connectivity index (χ4n) is 5.72. The largest absolute Gasteiger partial charge is 0.211 e. The van der Waals surface area contributed by atoms with Gasteiger partial charge in [-0.3, -0.25) is 0 Å². The van der Waals surface area contributed by atoms with Crippen LogP contribution in [0.15, 0.2) is 11.9 Å². The predicted octanol–water partition coefficient (Wildman–Crippen LogP) is 5.91. The summed E-state index contributed by atoms with van der Waals surface area (Å²) in [6, 6.07) is 0. The van der Waals surface area contributed by atoms with Gasteiger partial charge in [-0.25, -0.2) is 4.39 Å². The lowest BCUT2D eigenvalue weighted by molar-refractivity contribution is -0.106. The molecule has 19 heavy (non-hydrogen) atoms. The number of rotatable bonds is 1. The molecule has 0 radical (unpaired) electrons. The maximum Gasteiger partial charge on any atom is 0.104 e. The zero-order valence-electron chi connectivity index (χ0n) is 11.9. The van der Waals surface area contributed by atoms with Gasteiger partial charge in [-0.1, -0.05) is 22.9 Å². The minimum Gasteiger partial charge on any atom is -0.211 e. The van der Waals surface area contributed by atoms with E-state index in [0.29, 0.717) is 10.8 Å². The highest BCUT2D eigenvalue weighted by Gasteiger charge is 2.62. The predicted molar refractivity (Wildman–Crippen MR) is 80.0 cm³/mol. The van der Waals surface area contributed by atoms with Gasteiger partial charge in [-0.2, -0.15) is 0 Å². The molecule has 2 heteroatoms. The second-order valence-electron chi connectivity index (χ2n) is 8.20. The number of alkyl halides is 1. The summed E-state index contributed by atoms with van der Waals surface area (Å²) in [5.41, 5.74) is 0.811. The molecule has 4 saturated carbocycles. The van der Waals surface area contributed by atoms with Crippen LogP contribution in [0.4, 0.5) is 4.39 Å². The Bertz CT molecular complexity index is 418. The molecule has 0 aromatic rings. The van der Waals surface area contributed by atoms with E-state index in [1.54, 1.807) is 0 Å². The van der Waals surface area contributed by atoms with Crippen LogP contribution in [-0.4, -0.2) is 4.32 Å². The highest BCUT2D eigenvalue weighted by Crippen LogP contribution is 2.71. The van der Waals surface area contributed by atoms with E-state index < -0.39 is 0 Å². The van der Waals surface area contributed by atoms with E-state index in [2.05, 4.69) is 22.9 Å². The molecule has 106 valence electrons. The Morgan fingerprint density at radius 1 is 0.895 bits per heavy atom. The first-order chi connectivity index (χ1) is 8.91. The van der Waals surface area contributed by atoms with Crippen molar-refractivity contribution in [2.24, 2.45) is 16.2 Å². The minimum absolute atomic E-state index is 0.00663. The monoisotopic (exact) mass is 326 g/mol. The summed E-state index contributed by atoms with van der Waals surface area (Å²) < 4.78 is 14.9. The Morgan fingerprint density at radius 2 is 1.42 bits per heavy atom. The van der Waals surface area contributed by atoms with Gasteiger partial charge in [0.05, 0.1) is 0 Å². The molecule has 0 saturated heterocycles. The maximum absolute atomic E-state index is 14.9. The number of allylic oxidation sites excluding steroid dienone is 2. The van der Waals surface area contributed by atoms with Crippen molar-refractivity contribution >= 4 is 15.9 Å². The molecule has 0 atom stereocenters. The van der Waals surface area contributed by atoms with E-state index in [1.807, 2.05) is 6.08 Å². The van der Waals surface area contributed by atoms with E-state index in [4.69, 9.17) is 0 Å². The third-order valence-electron chi connectivity index (χ3n) is 7.41. The molecule has 0 aromatic carbocycles. The summed E-state index contributed by atoms with van der Waals surface area (Å²) in [6.07, 6.45) is 14.2. The normalized spacial score (nSPS) is 56.3. The van der Waals surface area contributed by atoms with Gasteiger partial charge in [0.2, 0.25) is 0 Å². The van der Waals surface area contributed by atoms with Gasteiger partial charge < -0.3 is 0 Å². The van der Waals surface area contributed by atoms with E-state index in [-0.39, 0.29) is 15.6 Å². The lowest BCUT2D eigenvalue weighted by Gasteiger charge is -2.64. The van der Waals surface area contributed by atoms with Crippen molar-refractivity contribution < 1.29 is 4.39 Å². The number of halogens is 2. The van der Waals surface area contributed by atoms with E-state index in [9.17, 15) is 4.39 Å². The molecule has 6 rings (SSSR count). The Balaban J connectivity index is 1.75. The van der Waals surface area contributed by atoms with Gasteiger partial charge in [-0.05, 0) is 81.1 Å². The van der Waals surface area contributed by atoms with Crippen LogP contribution in [0.3, 0.4) is 0 Å². The standard InChI is InChI=1S/C17H24BrF/c1-14-2-5-15(6-3-14,7-4-14)17-10-8-16(18,9-11-17)12-13(17)19/h12H,2-11H2,1H3. The Labute approximate surface area is 124 Å². The molecule has 4 bridgehead atoms. The van der Waals surface area contributed by atoms with Gasteiger partial charge in [0, 0.05) is 9.74 Å². The summed E-state index contributed by atoms with van der Waals surface area (Å²) in [7, 11) is 0. The van der Waals surface area contributed by atoms with E-state index >= 15 is 0 Å². The van der Waals surface area contributed by atoms with Crippen LogP contribution in [0.25, 0.3) is 0 Å². The fourth-order valence-corrected chi connectivity index (χ4v) is 6.31. The van der Waals surface area contributed by atoms with Crippen molar-refractivity contribution in [3.8, 4) is 0 Å². The first-order valence-corrected chi connectivity index (χ1v) is 8.78. The van der Waals surface area contributed by atoms with Crippen molar-refractivity contribution in [2.75, 3.05) is 0 Å². The zero-order chi connectivity index (χ0) is 13.4. The Hall–Kier alpha value is 0.150. The van der Waals surface area contributed by atoms with Gasteiger partial charge in [-0.15, -0.1) is 0 Å². The summed E-state index contributed by atoms with van der Waals surface area (Å²) in [5, 5.41) is 0. The van der Waals surface area contributed by atoms with Gasteiger partial charge >= 0.3 is 0 Å². The molecule has 0 amide bonds. The zero-order valence-corrected chi connectivity index (χ0v) is 13.5. The first kappa shape index (κ1) is 12.9. The molecule has 6 aliphatic carbocycles. The summed E-state index contributed by atoms with van der Waals surface area (Å²) in [4.78, 5) is 0. The van der Waals surface area contributed by atoms with Gasteiger partial charge in [0.25, 0.3) is 0 Å². The number of hydrogen-bond acceptors (Lipinski definition) is 0. The molecule has 0 nitrogen and oxygen atoms in total. The van der Waals surface area contributed by atoms with Crippen molar-refractivity contribution in [3.63, 3.8) is 0 Å². The average molecular weight is 327 g/mol. The van der Waals surface area contributed by atoms with Crippen molar-refractivity contribution in [2.45, 2.75) is 75.5 Å². The third-order valence-corrected chi connectivity index (χ3v) is 8.44. The average Bonchev–Trinajstić information content (AvgIpc) is 2.40. The second kappa shape index (κ2) is 3.67. The Kier molecular flexibility index (Phi) is 2.48. The smallest absolute Gasteiger partial charge is 0.104 e. The molecule has 6 aliphatic rings. The van der Waals surface area contributed by atoms with Gasteiger partial charge in [0.1, 0.15) is 5.83 Å². The summed E-state index contributed by atoms with van der Waals surface area (Å²) in [5.74, 6) is 0.243. The Morgan fingerprint density at radius 3 is 1.89 bits per heavy atom. The van der Waals surface area contributed by atoms with Crippen molar-refractivity contribution in [1.29, 1.82) is 0 Å². The van der Waals surface area contributed by atoms with Gasteiger partial charge in [0.15, 0.2) is 0 Å². The van der Waals surface area contributed by atoms with Crippen LogP contribution in [0.1, 0.15) is 71.1 Å². The molecule has 0 aliphatic heterocycles. The highest BCUT2D eigenvalue weighted by molar-refractivity contribution is 9.10. The maximum atomic E-state index is 14.9. The van der Waals surface area contributed by atoms with Crippen LogP contribution in [0, 0.1) is 16.2 Å². The number of hydrogen-bond donors (Lipinski definition) is 0. The van der Waals surface area contributed by atoms with Crippen LogP contribution >= 0.6 is 15.9 Å². The van der Waals surface area contributed by atoms with E-state index in [1.165, 1.54) is 38.5 Å². The lowest BCUT2D eigenvalue weighted by Crippen LogP contribution is -2.55. The fraction of sp³-hybridized carbons (Fsp3) is 0.882. The summed E-state index contributed by atoms with van der Waals surface area (Å²) >= 11 is 3.76. The molecule has 0 unspecified atom stereocenters. The van der Waals surface area contributed by atoms with Crippen LogP contribution < -0.4 is 0 Å². The lowest BCUT2D eigenvalue weighted by atomic mass is 9.42. The summed E-state index contributed by atoms with van der Waals surface area (Å²) in [6.45, 7) is 2.45. The molecule has 0 heterocycles. The van der Waals surface area contributed by atoms with Crippen LogP contribution in [0.2, 0.25) is 0 Å². The molecule has 0 spiro atoms. The van der Waals surface area contributed by atoms with Crippen LogP contribution in [-0.2, 0) is 0 Å². The number of fused-ring (bicyclic) bond motifs is 5. The first-order valence-electron chi connectivity index (χ1n) is 7.99. The quantitative estimate of drug-likeness (QED) is 0.525. The van der Waals surface area contributed by atoms with E-state index in [0.717, 1.165) is 25.7 Å². The molecular weight excluding hydrogens is 303 g/mol. The topological polar surface area (TPSA) is 0 Å². The third kappa shape index (κ3) is 1.56. The molecule has 0 aromatic heterocycles. The molecule has 4 fully saturated rings. The SMILES string of the molecule is CC12CCC(C34CCC(Br)(C=C3F)CC4)(CC1)CC2. The highest BCUT2D eigenvalue weighted by atomic mass is 79.9. The second-order valence-corrected chi connectivity index (χ2v) is 9.78. The molecule has 0 N–H and O–H groups in total.